The lowest BCUT2D eigenvalue weighted by atomic mass is 9.88. The first-order chi connectivity index (χ1) is 8.22. The van der Waals surface area contributed by atoms with Crippen LogP contribution in [0.5, 0.6) is 0 Å². The highest BCUT2D eigenvalue weighted by molar-refractivity contribution is 5.80. The lowest BCUT2D eigenvalue weighted by molar-refractivity contribution is -0.134. The first-order valence-corrected chi connectivity index (χ1v) is 6.84. The third kappa shape index (κ3) is 2.99. The SMILES string of the molecule is CN(CCCCCO)C(=O)C1CC2CCC1N2. The highest BCUT2D eigenvalue weighted by atomic mass is 16.2. The van der Waals surface area contributed by atoms with Crippen LogP contribution in [0.15, 0.2) is 0 Å². The molecule has 4 nitrogen and oxygen atoms in total. The Hall–Kier alpha value is -0.610. The van der Waals surface area contributed by atoms with E-state index in [9.17, 15) is 4.79 Å². The van der Waals surface area contributed by atoms with Gasteiger partial charge in [0.05, 0.1) is 5.92 Å². The van der Waals surface area contributed by atoms with Gasteiger partial charge in [0, 0.05) is 32.3 Å². The molecule has 2 saturated heterocycles. The largest absolute Gasteiger partial charge is 0.396 e. The molecule has 0 aromatic carbocycles. The standard InChI is InChI=1S/C13H24N2O2/c1-15(7-3-2-4-8-16)13(17)11-9-10-5-6-12(11)14-10/h10-12,14,16H,2-9H2,1H3. The third-order valence-electron chi connectivity index (χ3n) is 4.15. The van der Waals surface area contributed by atoms with Crippen LogP contribution in [0.25, 0.3) is 0 Å². The zero-order valence-electron chi connectivity index (χ0n) is 10.7. The van der Waals surface area contributed by atoms with Crippen LogP contribution in [0, 0.1) is 5.92 Å². The molecule has 3 unspecified atom stereocenters. The van der Waals surface area contributed by atoms with Gasteiger partial charge < -0.3 is 15.3 Å². The summed E-state index contributed by atoms with van der Waals surface area (Å²) in [6.07, 6.45) is 6.29. The second-order valence-electron chi connectivity index (χ2n) is 5.43. The van der Waals surface area contributed by atoms with Crippen molar-refractivity contribution in [2.45, 2.75) is 50.6 Å². The van der Waals surface area contributed by atoms with E-state index < -0.39 is 0 Å². The van der Waals surface area contributed by atoms with Crippen molar-refractivity contribution in [1.29, 1.82) is 0 Å². The van der Waals surface area contributed by atoms with Crippen LogP contribution in [-0.2, 0) is 4.79 Å². The number of amides is 1. The molecular formula is C13H24N2O2. The fourth-order valence-corrected chi connectivity index (χ4v) is 3.13. The van der Waals surface area contributed by atoms with Crippen molar-refractivity contribution in [3.63, 3.8) is 0 Å². The Balaban J connectivity index is 1.72. The zero-order chi connectivity index (χ0) is 12.3. The summed E-state index contributed by atoms with van der Waals surface area (Å²) in [6.45, 7) is 1.08. The zero-order valence-corrected chi connectivity index (χ0v) is 10.7. The minimum Gasteiger partial charge on any atom is -0.396 e. The van der Waals surface area contributed by atoms with E-state index in [2.05, 4.69) is 5.32 Å². The molecule has 3 atom stereocenters. The van der Waals surface area contributed by atoms with Crippen molar-refractivity contribution in [3.8, 4) is 0 Å². The number of aliphatic hydroxyl groups is 1. The van der Waals surface area contributed by atoms with Crippen molar-refractivity contribution >= 4 is 5.91 Å². The molecular weight excluding hydrogens is 216 g/mol. The Bertz CT molecular complexity index is 270. The van der Waals surface area contributed by atoms with Gasteiger partial charge in [0.25, 0.3) is 0 Å². The van der Waals surface area contributed by atoms with Gasteiger partial charge in [-0.05, 0) is 38.5 Å². The van der Waals surface area contributed by atoms with Crippen molar-refractivity contribution in [1.82, 2.24) is 10.2 Å². The van der Waals surface area contributed by atoms with Crippen LogP contribution in [-0.4, -0.2) is 48.2 Å². The molecule has 0 aromatic rings. The van der Waals surface area contributed by atoms with Gasteiger partial charge in [0.1, 0.15) is 0 Å². The molecule has 2 bridgehead atoms. The van der Waals surface area contributed by atoms with Gasteiger partial charge in [0.15, 0.2) is 0 Å². The van der Waals surface area contributed by atoms with Gasteiger partial charge in [-0.25, -0.2) is 0 Å². The van der Waals surface area contributed by atoms with Crippen LogP contribution < -0.4 is 5.32 Å². The fraction of sp³-hybridized carbons (Fsp3) is 0.923. The molecule has 0 saturated carbocycles. The first kappa shape index (κ1) is 12.8. The second kappa shape index (κ2) is 5.83. The van der Waals surface area contributed by atoms with Gasteiger partial charge >= 0.3 is 0 Å². The molecule has 2 rings (SSSR count). The number of unbranched alkanes of at least 4 members (excludes halogenated alkanes) is 2. The van der Waals surface area contributed by atoms with Crippen LogP contribution in [0.3, 0.4) is 0 Å². The van der Waals surface area contributed by atoms with E-state index in [1.54, 1.807) is 0 Å². The van der Waals surface area contributed by atoms with Gasteiger partial charge in [-0.1, -0.05) is 0 Å². The number of nitrogens with one attached hydrogen (secondary N) is 1. The smallest absolute Gasteiger partial charge is 0.227 e. The number of rotatable bonds is 6. The van der Waals surface area contributed by atoms with E-state index >= 15 is 0 Å². The highest BCUT2D eigenvalue weighted by Gasteiger charge is 2.43. The van der Waals surface area contributed by atoms with Gasteiger partial charge in [0.2, 0.25) is 5.91 Å². The molecule has 0 spiro atoms. The van der Waals surface area contributed by atoms with Crippen molar-refractivity contribution in [2.75, 3.05) is 20.2 Å². The summed E-state index contributed by atoms with van der Waals surface area (Å²) in [7, 11) is 1.91. The normalized spacial score (nSPS) is 30.8. The van der Waals surface area contributed by atoms with Gasteiger partial charge in [-0.2, -0.15) is 0 Å². The molecule has 98 valence electrons. The summed E-state index contributed by atoms with van der Waals surface area (Å²) < 4.78 is 0. The molecule has 0 aromatic heterocycles. The minimum atomic E-state index is 0.219. The molecule has 4 heteroatoms. The Labute approximate surface area is 103 Å². The van der Waals surface area contributed by atoms with Crippen LogP contribution in [0.4, 0.5) is 0 Å². The lowest BCUT2D eigenvalue weighted by Gasteiger charge is -2.25. The van der Waals surface area contributed by atoms with E-state index in [1.807, 2.05) is 11.9 Å². The van der Waals surface area contributed by atoms with E-state index in [0.29, 0.717) is 18.0 Å². The van der Waals surface area contributed by atoms with Crippen LogP contribution >= 0.6 is 0 Å². The summed E-state index contributed by atoms with van der Waals surface area (Å²) in [5.41, 5.74) is 0. The van der Waals surface area contributed by atoms with E-state index in [4.69, 9.17) is 5.11 Å². The monoisotopic (exact) mass is 240 g/mol. The number of fused-ring (bicyclic) bond motifs is 2. The molecule has 1 amide bonds. The molecule has 17 heavy (non-hydrogen) atoms. The number of hydrogen-bond acceptors (Lipinski definition) is 3. The maximum absolute atomic E-state index is 12.2. The molecule has 2 heterocycles. The topological polar surface area (TPSA) is 52.6 Å². The first-order valence-electron chi connectivity index (χ1n) is 6.84. The summed E-state index contributed by atoms with van der Waals surface area (Å²) in [6, 6.07) is 1.03. The lowest BCUT2D eigenvalue weighted by Crippen LogP contribution is -2.39. The average Bonchev–Trinajstić information content (AvgIpc) is 2.95. The van der Waals surface area contributed by atoms with Gasteiger partial charge in [-0.3, -0.25) is 4.79 Å². The molecule has 2 fully saturated rings. The fourth-order valence-electron chi connectivity index (χ4n) is 3.13. The Morgan fingerprint density at radius 2 is 2.18 bits per heavy atom. The van der Waals surface area contributed by atoms with E-state index in [0.717, 1.165) is 32.2 Å². The van der Waals surface area contributed by atoms with Crippen molar-refractivity contribution in [2.24, 2.45) is 5.92 Å². The number of nitrogens with zero attached hydrogens (tertiary/aromatic N) is 1. The summed E-state index contributed by atoms with van der Waals surface area (Å²) in [5, 5.41) is 12.2. The van der Waals surface area contributed by atoms with Crippen LogP contribution in [0.2, 0.25) is 0 Å². The Kier molecular flexibility index (Phi) is 4.40. The van der Waals surface area contributed by atoms with E-state index in [1.165, 1.54) is 12.8 Å². The number of carbonyl (C=O) groups is 1. The van der Waals surface area contributed by atoms with Gasteiger partial charge in [-0.15, -0.1) is 0 Å². The number of carbonyl (C=O) groups excluding carboxylic acids is 1. The molecule has 0 aliphatic carbocycles. The predicted octanol–water partition coefficient (Wildman–Crippen LogP) is 0.748. The highest BCUT2D eigenvalue weighted by Crippen LogP contribution is 2.34. The van der Waals surface area contributed by atoms with Crippen molar-refractivity contribution in [3.05, 3.63) is 0 Å². The molecule has 2 N–H and O–H groups in total. The third-order valence-corrected chi connectivity index (χ3v) is 4.15. The van der Waals surface area contributed by atoms with Crippen LogP contribution in [0.1, 0.15) is 38.5 Å². The van der Waals surface area contributed by atoms with E-state index in [-0.39, 0.29) is 12.5 Å². The molecule has 2 aliphatic rings. The minimum absolute atomic E-state index is 0.219. The average molecular weight is 240 g/mol. The Morgan fingerprint density at radius 1 is 1.35 bits per heavy atom. The maximum atomic E-state index is 12.2. The molecule has 2 aliphatic heterocycles. The second-order valence-corrected chi connectivity index (χ2v) is 5.43. The Morgan fingerprint density at radius 3 is 2.76 bits per heavy atom. The number of hydrogen-bond donors (Lipinski definition) is 2. The van der Waals surface area contributed by atoms with Crippen molar-refractivity contribution < 1.29 is 9.90 Å². The quantitative estimate of drug-likeness (QED) is 0.674. The summed E-state index contributed by atoms with van der Waals surface area (Å²) in [5.74, 6) is 0.533. The maximum Gasteiger partial charge on any atom is 0.227 e. The summed E-state index contributed by atoms with van der Waals surface area (Å²) in [4.78, 5) is 14.1. The molecule has 0 radical (unpaired) electrons. The number of aliphatic hydroxyl groups excluding tert-OH is 1. The summed E-state index contributed by atoms with van der Waals surface area (Å²) >= 11 is 0. The predicted molar refractivity (Wildman–Crippen MR) is 66.6 cm³/mol.